The SMILES string of the molecule is Cc1cc(-c2cnc(N3CCN(Cc4ccccc4)CC3)nc2-c2cccnc2C)on1. The van der Waals surface area contributed by atoms with E-state index in [9.17, 15) is 0 Å². The monoisotopic (exact) mass is 426 g/mol. The van der Waals surface area contributed by atoms with Gasteiger partial charge in [0.05, 0.1) is 17.0 Å². The molecule has 7 heteroatoms. The molecule has 1 aromatic carbocycles. The lowest BCUT2D eigenvalue weighted by molar-refractivity contribution is 0.248. The summed E-state index contributed by atoms with van der Waals surface area (Å²) in [6.07, 6.45) is 3.64. The highest BCUT2D eigenvalue weighted by atomic mass is 16.5. The number of anilines is 1. The highest BCUT2D eigenvalue weighted by Gasteiger charge is 2.22. The molecule has 0 saturated carbocycles. The van der Waals surface area contributed by atoms with Crippen LogP contribution in [-0.4, -0.2) is 51.2 Å². The Balaban J connectivity index is 1.41. The fourth-order valence-corrected chi connectivity index (χ4v) is 4.08. The van der Waals surface area contributed by atoms with Crippen LogP contribution < -0.4 is 4.90 Å². The van der Waals surface area contributed by atoms with Gasteiger partial charge in [-0.25, -0.2) is 9.97 Å². The van der Waals surface area contributed by atoms with Gasteiger partial charge in [-0.05, 0) is 31.5 Å². The van der Waals surface area contributed by atoms with Gasteiger partial charge in [-0.2, -0.15) is 0 Å². The molecule has 4 heterocycles. The minimum atomic E-state index is 0.667. The molecule has 1 saturated heterocycles. The van der Waals surface area contributed by atoms with E-state index in [0.29, 0.717) is 5.76 Å². The smallest absolute Gasteiger partial charge is 0.225 e. The van der Waals surface area contributed by atoms with Crippen molar-refractivity contribution in [3.63, 3.8) is 0 Å². The third kappa shape index (κ3) is 4.24. The van der Waals surface area contributed by atoms with E-state index in [1.807, 2.05) is 38.2 Å². The lowest BCUT2D eigenvalue weighted by atomic mass is 10.0. The van der Waals surface area contributed by atoms with E-state index in [0.717, 1.165) is 66.9 Å². The molecule has 0 N–H and O–H groups in total. The number of hydrogen-bond donors (Lipinski definition) is 0. The lowest BCUT2D eigenvalue weighted by Crippen LogP contribution is -2.46. The molecule has 0 bridgehead atoms. The molecule has 0 amide bonds. The fraction of sp³-hybridized carbons (Fsp3) is 0.280. The summed E-state index contributed by atoms with van der Waals surface area (Å²) in [6, 6.07) is 16.5. The number of aryl methyl sites for hydroxylation is 2. The van der Waals surface area contributed by atoms with E-state index in [4.69, 9.17) is 14.5 Å². The lowest BCUT2D eigenvalue weighted by Gasteiger charge is -2.35. The second-order valence-corrected chi connectivity index (χ2v) is 8.15. The Morgan fingerprint density at radius 2 is 1.72 bits per heavy atom. The second-order valence-electron chi connectivity index (χ2n) is 8.15. The maximum absolute atomic E-state index is 5.54. The van der Waals surface area contributed by atoms with Crippen LogP contribution in [0.4, 0.5) is 5.95 Å². The van der Waals surface area contributed by atoms with Crippen molar-refractivity contribution in [2.45, 2.75) is 20.4 Å². The van der Waals surface area contributed by atoms with Crippen molar-refractivity contribution in [1.29, 1.82) is 0 Å². The molecule has 0 spiro atoms. The minimum Gasteiger partial charge on any atom is -0.356 e. The zero-order chi connectivity index (χ0) is 21.9. The third-order valence-electron chi connectivity index (χ3n) is 5.84. The van der Waals surface area contributed by atoms with Gasteiger partial charge in [0, 0.05) is 62.4 Å². The molecule has 0 aliphatic carbocycles. The van der Waals surface area contributed by atoms with Gasteiger partial charge >= 0.3 is 0 Å². The molecule has 32 heavy (non-hydrogen) atoms. The summed E-state index contributed by atoms with van der Waals surface area (Å²) in [6.45, 7) is 8.60. The first kappa shape index (κ1) is 20.3. The van der Waals surface area contributed by atoms with Crippen molar-refractivity contribution in [2.75, 3.05) is 31.1 Å². The van der Waals surface area contributed by atoms with Crippen molar-refractivity contribution in [1.82, 2.24) is 25.0 Å². The topological polar surface area (TPSA) is 71.2 Å². The van der Waals surface area contributed by atoms with Crippen LogP contribution in [0.1, 0.15) is 17.0 Å². The van der Waals surface area contributed by atoms with Gasteiger partial charge in [0.2, 0.25) is 5.95 Å². The predicted molar refractivity (Wildman–Crippen MR) is 124 cm³/mol. The van der Waals surface area contributed by atoms with Gasteiger partial charge in [0.25, 0.3) is 0 Å². The van der Waals surface area contributed by atoms with Crippen LogP contribution in [0.5, 0.6) is 0 Å². The average Bonchev–Trinajstić information content (AvgIpc) is 3.26. The normalized spacial score (nSPS) is 14.6. The zero-order valence-electron chi connectivity index (χ0n) is 18.4. The van der Waals surface area contributed by atoms with Crippen LogP contribution in [0.3, 0.4) is 0 Å². The van der Waals surface area contributed by atoms with Crippen LogP contribution in [0, 0.1) is 13.8 Å². The summed E-state index contributed by atoms with van der Waals surface area (Å²) in [4.78, 5) is 18.9. The first-order chi connectivity index (χ1) is 15.7. The Bertz CT molecular complexity index is 1200. The molecular formula is C25H26N6O. The number of nitrogens with zero attached hydrogens (tertiary/aromatic N) is 6. The Hall–Kier alpha value is -3.58. The van der Waals surface area contributed by atoms with Crippen LogP contribution in [0.25, 0.3) is 22.6 Å². The third-order valence-corrected chi connectivity index (χ3v) is 5.84. The number of pyridine rings is 1. The number of benzene rings is 1. The van der Waals surface area contributed by atoms with Gasteiger partial charge in [0.1, 0.15) is 0 Å². The summed E-state index contributed by atoms with van der Waals surface area (Å²) >= 11 is 0. The van der Waals surface area contributed by atoms with E-state index in [1.165, 1.54) is 5.56 Å². The maximum atomic E-state index is 5.54. The van der Waals surface area contributed by atoms with Crippen molar-refractivity contribution < 1.29 is 4.52 Å². The van der Waals surface area contributed by atoms with E-state index in [1.54, 1.807) is 6.20 Å². The Morgan fingerprint density at radius 1 is 0.906 bits per heavy atom. The van der Waals surface area contributed by atoms with Crippen molar-refractivity contribution in [3.05, 3.63) is 77.9 Å². The van der Waals surface area contributed by atoms with Crippen LogP contribution >= 0.6 is 0 Å². The van der Waals surface area contributed by atoms with Gasteiger partial charge in [0.15, 0.2) is 5.76 Å². The number of rotatable bonds is 5. The largest absolute Gasteiger partial charge is 0.356 e. The molecule has 1 aliphatic rings. The van der Waals surface area contributed by atoms with E-state index in [-0.39, 0.29) is 0 Å². The molecule has 1 aliphatic heterocycles. The van der Waals surface area contributed by atoms with E-state index in [2.05, 4.69) is 50.3 Å². The highest BCUT2D eigenvalue weighted by molar-refractivity contribution is 5.79. The Kier molecular flexibility index (Phi) is 5.64. The minimum absolute atomic E-state index is 0.667. The second kappa shape index (κ2) is 8.88. The zero-order valence-corrected chi connectivity index (χ0v) is 18.4. The van der Waals surface area contributed by atoms with E-state index < -0.39 is 0 Å². The molecule has 5 rings (SSSR count). The average molecular weight is 427 g/mol. The molecule has 0 atom stereocenters. The summed E-state index contributed by atoms with van der Waals surface area (Å²) in [5.74, 6) is 1.41. The van der Waals surface area contributed by atoms with Gasteiger partial charge in [-0.15, -0.1) is 0 Å². The fourth-order valence-electron chi connectivity index (χ4n) is 4.08. The quantitative estimate of drug-likeness (QED) is 0.475. The van der Waals surface area contributed by atoms with Crippen LogP contribution in [-0.2, 0) is 6.54 Å². The molecule has 162 valence electrons. The summed E-state index contributed by atoms with van der Waals surface area (Å²) in [5, 5.41) is 4.04. The van der Waals surface area contributed by atoms with Gasteiger partial charge in [-0.3, -0.25) is 9.88 Å². The molecular weight excluding hydrogens is 400 g/mol. The van der Waals surface area contributed by atoms with Crippen LogP contribution in [0.2, 0.25) is 0 Å². The standard InChI is InChI=1S/C25H26N6O/c1-18-15-23(32-29-18)22-16-27-25(28-24(22)21-9-6-10-26-19(21)2)31-13-11-30(12-14-31)17-20-7-4-3-5-8-20/h3-10,15-16H,11-14,17H2,1-2H3. The predicted octanol–water partition coefficient (Wildman–Crippen LogP) is 4.13. The first-order valence-corrected chi connectivity index (χ1v) is 10.9. The summed E-state index contributed by atoms with van der Waals surface area (Å²) < 4.78 is 5.54. The molecule has 3 aromatic heterocycles. The number of piperazine rings is 1. The van der Waals surface area contributed by atoms with Gasteiger partial charge in [-0.1, -0.05) is 35.5 Å². The molecule has 4 aromatic rings. The number of aromatic nitrogens is 4. The van der Waals surface area contributed by atoms with Crippen molar-refractivity contribution in [3.8, 4) is 22.6 Å². The van der Waals surface area contributed by atoms with Gasteiger partial charge < -0.3 is 9.42 Å². The Morgan fingerprint density at radius 3 is 2.44 bits per heavy atom. The summed E-state index contributed by atoms with van der Waals surface area (Å²) in [7, 11) is 0. The Labute approximate surface area is 187 Å². The molecule has 0 unspecified atom stereocenters. The van der Waals surface area contributed by atoms with E-state index >= 15 is 0 Å². The molecule has 1 fully saturated rings. The summed E-state index contributed by atoms with van der Waals surface area (Å²) in [5.41, 5.74) is 5.72. The van der Waals surface area contributed by atoms with Crippen molar-refractivity contribution >= 4 is 5.95 Å². The van der Waals surface area contributed by atoms with Crippen molar-refractivity contribution in [2.24, 2.45) is 0 Å². The molecule has 7 nitrogen and oxygen atoms in total. The highest BCUT2D eigenvalue weighted by Crippen LogP contribution is 2.33. The van der Waals surface area contributed by atoms with Crippen LogP contribution in [0.15, 0.2) is 65.4 Å². The first-order valence-electron chi connectivity index (χ1n) is 10.9. The maximum Gasteiger partial charge on any atom is 0.225 e. The molecule has 0 radical (unpaired) electrons. The number of hydrogen-bond acceptors (Lipinski definition) is 7.